The zero-order valence-electron chi connectivity index (χ0n) is 18.0. The standard InChI is InChI=1S/C24H25N5OS2/c1-2-27-8-10-28(11-9-27)15-17-4-3-5-19(12-17)20-14-25-22-7-6-18(16-29(20)22)13-21-23(30)26-24(31)32-21/h3-7,12-14,16H,2,8-11,15H2,1H3,(H,26,30,31)/b21-13-. The molecule has 0 unspecified atom stereocenters. The van der Waals surface area contributed by atoms with E-state index < -0.39 is 0 Å². The summed E-state index contributed by atoms with van der Waals surface area (Å²) in [6, 6.07) is 12.7. The van der Waals surface area contributed by atoms with Crippen molar-refractivity contribution in [3.8, 4) is 11.3 Å². The first kappa shape index (κ1) is 21.3. The molecule has 0 aliphatic carbocycles. The van der Waals surface area contributed by atoms with Crippen molar-refractivity contribution in [2.24, 2.45) is 0 Å². The molecular formula is C24H25N5OS2. The Morgan fingerprint density at radius 2 is 1.97 bits per heavy atom. The van der Waals surface area contributed by atoms with E-state index in [1.165, 1.54) is 17.3 Å². The third-order valence-corrected chi connectivity index (χ3v) is 7.17. The van der Waals surface area contributed by atoms with Crippen LogP contribution >= 0.6 is 24.0 Å². The second-order valence-electron chi connectivity index (χ2n) is 8.10. The second-order valence-corrected chi connectivity index (χ2v) is 9.82. The first-order chi connectivity index (χ1) is 15.6. The lowest BCUT2D eigenvalue weighted by atomic mass is 10.1. The van der Waals surface area contributed by atoms with Gasteiger partial charge in [0.15, 0.2) is 0 Å². The molecule has 1 N–H and O–H groups in total. The van der Waals surface area contributed by atoms with Crippen LogP contribution in [-0.4, -0.2) is 62.1 Å². The molecular weight excluding hydrogens is 438 g/mol. The Morgan fingerprint density at radius 3 is 2.72 bits per heavy atom. The number of fused-ring (bicyclic) bond motifs is 1. The monoisotopic (exact) mass is 463 g/mol. The van der Waals surface area contributed by atoms with Crippen molar-refractivity contribution >= 4 is 45.9 Å². The van der Waals surface area contributed by atoms with E-state index in [9.17, 15) is 4.79 Å². The summed E-state index contributed by atoms with van der Waals surface area (Å²) in [5.41, 5.74) is 5.30. The van der Waals surface area contributed by atoms with E-state index >= 15 is 0 Å². The SMILES string of the molecule is CCN1CCN(Cc2cccc(-c3cnc4ccc(/C=C5\SC(=S)NC5=O)cn34)c2)CC1. The van der Waals surface area contributed by atoms with Crippen LogP contribution in [0, 0.1) is 0 Å². The van der Waals surface area contributed by atoms with Crippen molar-refractivity contribution in [2.75, 3.05) is 32.7 Å². The van der Waals surface area contributed by atoms with Gasteiger partial charge in [0.25, 0.3) is 5.91 Å². The van der Waals surface area contributed by atoms with Crippen LogP contribution in [0.25, 0.3) is 23.0 Å². The third kappa shape index (κ3) is 4.49. The van der Waals surface area contributed by atoms with Crippen molar-refractivity contribution in [1.29, 1.82) is 0 Å². The van der Waals surface area contributed by atoms with Gasteiger partial charge in [-0.1, -0.05) is 49.1 Å². The fourth-order valence-electron chi connectivity index (χ4n) is 4.22. The lowest BCUT2D eigenvalue weighted by Gasteiger charge is -2.34. The molecule has 4 heterocycles. The van der Waals surface area contributed by atoms with Crippen molar-refractivity contribution in [1.82, 2.24) is 24.5 Å². The molecule has 2 aliphatic rings. The number of benzene rings is 1. The van der Waals surface area contributed by atoms with Gasteiger partial charge < -0.3 is 10.2 Å². The largest absolute Gasteiger partial charge is 0.307 e. The first-order valence-electron chi connectivity index (χ1n) is 10.8. The minimum Gasteiger partial charge on any atom is -0.307 e. The summed E-state index contributed by atoms with van der Waals surface area (Å²) in [7, 11) is 0. The predicted molar refractivity (Wildman–Crippen MR) is 134 cm³/mol. The summed E-state index contributed by atoms with van der Waals surface area (Å²) in [6.45, 7) is 8.83. The molecule has 0 bridgehead atoms. The number of nitrogens with zero attached hydrogens (tertiary/aromatic N) is 4. The summed E-state index contributed by atoms with van der Waals surface area (Å²) < 4.78 is 2.58. The zero-order valence-corrected chi connectivity index (χ0v) is 19.6. The number of aromatic nitrogens is 2. The van der Waals surface area contributed by atoms with Crippen molar-refractivity contribution in [3.05, 3.63) is 64.8 Å². The number of carbonyl (C=O) groups excluding carboxylic acids is 1. The van der Waals surface area contributed by atoms with E-state index in [0.29, 0.717) is 9.23 Å². The summed E-state index contributed by atoms with van der Waals surface area (Å²) in [4.78, 5) is 22.2. The molecule has 164 valence electrons. The van der Waals surface area contributed by atoms with Gasteiger partial charge in [0, 0.05) is 44.5 Å². The van der Waals surface area contributed by atoms with E-state index in [1.807, 2.05) is 30.6 Å². The van der Waals surface area contributed by atoms with E-state index in [2.05, 4.69) is 55.7 Å². The number of nitrogens with one attached hydrogen (secondary N) is 1. The zero-order chi connectivity index (χ0) is 22.1. The molecule has 0 saturated carbocycles. The molecule has 8 heteroatoms. The number of hydrogen-bond donors (Lipinski definition) is 1. The van der Waals surface area contributed by atoms with Gasteiger partial charge >= 0.3 is 0 Å². The van der Waals surface area contributed by atoms with Gasteiger partial charge in [0.1, 0.15) is 9.97 Å². The maximum Gasteiger partial charge on any atom is 0.263 e. The molecule has 0 radical (unpaired) electrons. The lowest BCUT2D eigenvalue weighted by molar-refractivity contribution is -0.115. The number of thiocarbonyl (C=S) groups is 1. The third-order valence-electron chi connectivity index (χ3n) is 6.01. The Balaban J connectivity index is 1.40. The summed E-state index contributed by atoms with van der Waals surface area (Å²) in [5.74, 6) is -0.140. The number of carbonyl (C=O) groups is 1. The van der Waals surface area contributed by atoms with Crippen LogP contribution in [-0.2, 0) is 11.3 Å². The topological polar surface area (TPSA) is 52.9 Å². The van der Waals surface area contributed by atoms with Crippen LogP contribution in [0.5, 0.6) is 0 Å². The van der Waals surface area contributed by atoms with Crippen LogP contribution in [0.3, 0.4) is 0 Å². The Morgan fingerprint density at radius 1 is 1.16 bits per heavy atom. The average Bonchev–Trinajstić information content (AvgIpc) is 3.36. The Bertz CT molecular complexity index is 1210. The molecule has 2 fully saturated rings. The number of pyridine rings is 1. The highest BCUT2D eigenvalue weighted by atomic mass is 32.2. The van der Waals surface area contributed by atoms with Gasteiger partial charge in [0.2, 0.25) is 0 Å². The fourth-order valence-corrected chi connectivity index (χ4v) is 5.26. The summed E-state index contributed by atoms with van der Waals surface area (Å²) in [6.07, 6.45) is 5.81. The maximum absolute atomic E-state index is 12.0. The van der Waals surface area contributed by atoms with Crippen molar-refractivity contribution in [2.45, 2.75) is 13.5 Å². The molecule has 32 heavy (non-hydrogen) atoms. The Labute approximate surface area is 197 Å². The lowest BCUT2D eigenvalue weighted by Crippen LogP contribution is -2.45. The first-order valence-corrected chi connectivity index (χ1v) is 12.1. The summed E-state index contributed by atoms with van der Waals surface area (Å²) in [5, 5.41) is 2.66. The average molecular weight is 464 g/mol. The molecule has 5 rings (SSSR count). The number of amides is 1. The minimum atomic E-state index is -0.140. The normalized spacial score (nSPS) is 19.2. The molecule has 0 atom stereocenters. The molecule has 2 saturated heterocycles. The van der Waals surface area contributed by atoms with Gasteiger partial charge in [0.05, 0.1) is 16.8 Å². The molecule has 0 spiro atoms. The van der Waals surface area contributed by atoms with E-state index in [0.717, 1.165) is 61.7 Å². The fraction of sp³-hybridized carbons (Fsp3) is 0.292. The number of hydrogen-bond acceptors (Lipinski definition) is 6. The van der Waals surface area contributed by atoms with Crippen molar-refractivity contribution < 1.29 is 4.79 Å². The number of likely N-dealkylation sites (N-methyl/N-ethyl adjacent to an activating group) is 1. The Hall–Kier alpha value is -2.52. The van der Waals surface area contributed by atoms with Gasteiger partial charge in [-0.25, -0.2) is 4.98 Å². The molecule has 3 aromatic rings. The summed E-state index contributed by atoms with van der Waals surface area (Å²) >= 11 is 6.38. The highest BCUT2D eigenvalue weighted by molar-refractivity contribution is 8.26. The van der Waals surface area contributed by atoms with E-state index in [4.69, 9.17) is 12.2 Å². The minimum absolute atomic E-state index is 0.140. The highest BCUT2D eigenvalue weighted by Gasteiger charge is 2.22. The van der Waals surface area contributed by atoms with Gasteiger partial charge in [-0.2, -0.15) is 0 Å². The maximum atomic E-state index is 12.0. The Kier molecular flexibility index (Phi) is 6.10. The second kappa shape index (κ2) is 9.15. The molecule has 2 aliphatic heterocycles. The molecule has 1 aromatic carbocycles. The van der Waals surface area contributed by atoms with Crippen LogP contribution < -0.4 is 5.32 Å². The number of imidazole rings is 1. The molecule has 1 amide bonds. The van der Waals surface area contributed by atoms with Crippen LogP contribution in [0.15, 0.2) is 53.7 Å². The molecule has 2 aromatic heterocycles. The molecule has 6 nitrogen and oxygen atoms in total. The quantitative estimate of drug-likeness (QED) is 0.461. The highest BCUT2D eigenvalue weighted by Crippen LogP contribution is 2.27. The van der Waals surface area contributed by atoms with Crippen LogP contribution in [0.1, 0.15) is 18.1 Å². The van der Waals surface area contributed by atoms with Crippen molar-refractivity contribution in [3.63, 3.8) is 0 Å². The van der Waals surface area contributed by atoms with Crippen LogP contribution in [0.4, 0.5) is 0 Å². The van der Waals surface area contributed by atoms with E-state index in [1.54, 1.807) is 0 Å². The number of thioether (sulfide) groups is 1. The van der Waals surface area contributed by atoms with Crippen LogP contribution in [0.2, 0.25) is 0 Å². The van der Waals surface area contributed by atoms with Gasteiger partial charge in [-0.15, -0.1) is 0 Å². The van der Waals surface area contributed by atoms with Gasteiger partial charge in [-0.05, 0) is 41.9 Å². The van der Waals surface area contributed by atoms with E-state index in [-0.39, 0.29) is 5.91 Å². The predicted octanol–water partition coefficient (Wildman–Crippen LogP) is 3.63. The number of piperazine rings is 1. The smallest absolute Gasteiger partial charge is 0.263 e. The number of rotatable bonds is 5. The van der Waals surface area contributed by atoms with Gasteiger partial charge in [-0.3, -0.25) is 14.1 Å².